The summed E-state index contributed by atoms with van der Waals surface area (Å²) >= 11 is 0. The first kappa shape index (κ1) is 23.2. The van der Waals surface area contributed by atoms with Crippen molar-refractivity contribution in [3.05, 3.63) is 36.0 Å². The summed E-state index contributed by atoms with van der Waals surface area (Å²) in [7, 11) is 0. The minimum Gasteiger partial charge on any atom is -0.444 e. The summed E-state index contributed by atoms with van der Waals surface area (Å²) in [4.78, 5) is 40.6. The van der Waals surface area contributed by atoms with Crippen LogP contribution in [0.3, 0.4) is 0 Å². The molecule has 2 aromatic rings. The van der Waals surface area contributed by atoms with Gasteiger partial charge in [0.25, 0.3) is 5.91 Å². The number of amides is 3. The van der Waals surface area contributed by atoms with E-state index in [9.17, 15) is 14.4 Å². The molecule has 0 saturated heterocycles. The van der Waals surface area contributed by atoms with Gasteiger partial charge in [-0.1, -0.05) is 32.0 Å². The molecule has 164 valence electrons. The van der Waals surface area contributed by atoms with Gasteiger partial charge in [-0.15, -0.1) is 0 Å². The van der Waals surface area contributed by atoms with E-state index >= 15 is 0 Å². The van der Waals surface area contributed by atoms with Gasteiger partial charge in [-0.2, -0.15) is 0 Å². The highest BCUT2D eigenvalue weighted by Crippen LogP contribution is 2.19. The molecule has 0 aliphatic heterocycles. The molecule has 2 atom stereocenters. The average Bonchev–Trinajstić information content (AvgIpc) is 3.06. The maximum absolute atomic E-state index is 13.0. The molecule has 9 heteroatoms. The summed E-state index contributed by atoms with van der Waals surface area (Å²) in [6.07, 6.45) is 1.30. The molecule has 0 saturated carbocycles. The van der Waals surface area contributed by atoms with Crippen LogP contribution in [-0.2, 0) is 20.7 Å². The van der Waals surface area contributed by atoms with Crippen molar-refractivity contribution in [2.45, 2.75) is 58.7 Å². The van der Waals surface area contributed by atoms with Gasteiger partial charge in [0.05, 0.1) is 0 Å². The summed E-state index contributed by atoms with van der Waals surface area (Å²) in [6.45, 7) is 8.79. The van der Waals surface area contributed by atoms with Gasteiger partial charge in [0, 0.05) is 23.5 Å². The Morgan fingerprint density at radius 2 is 1.77 bits per heavy atom. The topological polar surface area (TPSA) is 138 Å². The van der Waals surface area contributed by atoms with E-state index in [2.05, 4.69) is 21.0 Å². The van der Waals surface area contributed by atoms with Crippen molar-refractivity contribution in [3.8, 4) is 0 Å². The second-order valence-electron chi connectivity index (χ2n) is 8.50. The number of para-hydroxylation sites is 1. The van der Waals surface area contributed by atoms with Crippen molar-refractivity contribution in [1.82, 2.24) is 21.0 Å². The van der Waals surface area contributed by atoms with E-state index in [0.29, 0.717) is 0 Å². The Morgan fingerprint density at radius 3 is 2.37 bits per heavy atom. The number of ether oxygens (including phenoxy) is 1. The Bertz CT molecular complexity index is 900. The first-order chi connectivity index (χ1) is 14.0. The van der Waals surface area contributed by atoms with Crippen LogP contribution in [0.25, 0.3) is 10.9 Å². The molecule has 1 aromatic heterocycles. The van der Waals surface area contributed by atoms with Crippen LogP contribution >= 0.6 is 0 Å². The molecule has 9 nitrogen and oxygen atoms in total. The van der Waals surface area contributed by atoms with Crippen LogP contribution in [0.5, 0.6) is 0 Å². The smallest absolute Gasteiger partial charge is 0.408 e. The van der Waals surface area contributed by atoms with Crippen molar-refractivity contribution < 1.29 is 19.1 Å². The molecule has 1 aromatic carbocycles. The molecular formula is C21H31N5O4. The minimum absolute atomic E-state index is 0.201. The number of nitrogens with one attached hydrogen (secondary N) is 4. The molecule has 6 N–H and O–H groups in total. The van der Waals surface area contributed by atoms with Crippen LogP contribution in [0.1, 0.15) is 40.2 Å². The number of rotatable bonds is 7. The number of H-pyrrole nitrogens is 1. The molecule has 1 heterocycles. The van der Waals surface area contributed by atoms with Crippen LogP contribution in [0, 0.1) is 5.92 Å². The van der Waals surface area contributed by atoms with E-state index in [1.807, 2.05) is 24.3 Å². The molecule has 0 fully saturated rings. The number of nitrogens with two attached hydrogens (primary N) is 1. The predicted molar refractivity (Wildman–Crippen MR) is 114 cm³/mol. The fraction of sp³-hybridized carbons (Fsp3) is 0.476. The van der Waals surface area contributed by atoms with Crippen LogP contribution in [0.4, 0.5) is 4.79 Å². The molecule has 0 radical (unpaired) electrons. The zero-order chi connectivity index (χ0) is 22.5. The number of hydrazine groups is 1. The van der Waals surface area contributed by atoms with Gasteiger partial charge in [-0.05, 0) is 38.3 Å². The third-order valence-electron chi connectivity index (χ3n) is 4.50. The molecule has 30 heavy (non-hydrogen) atoms. The van der Waals surface area contributed by atoms with E-state index < -0.39 is 35.6 Å². The van der Waals surface area contributed by atoms with Gasteiger partial charge in [-0.25, -0.2) is 10.6 Å². The molecule has 0 aliphatic rings. The van der Waals surface area contributed by atoms with Crippen molar-refractivity contribution >= 4 is 28.8 Å². The third kappa shape index (κ3) is 6.21. The lowest BCUT2D eigenvalue weighted by atomic mass is 10.0. The number of carbonyl (C=O) groups is 3. The normalized spacial score (nSPS) is 13.6. The number of hydrogen-bond acceptors (Lipinski definition) is 5. The third-order valence-corrected chi connectivity index (χ3v) is 4.50. The molecule has 0 spiro atoms. The molecule has 2 rings (SSSR count). The highest BCUT2D eigenvalue weighted by Gasteiger charge is 2.30. The van der Waals surface area contributed by atoms with Crippen molar-refractivity contribution in [3.63, 3.8) is 0 Å². The number of hydrogen-bond donors (Lipinski definition) is 5. The molecule has 3 amide bonds. The van der Waals surface area contributed by atoms with Crippen molar-refractivity contribution in [2.24, 2.45) is 11.8 Å². The van der Waals surface area contributed by atoms with Crippen molar-refractivity contribution in [2.75, 3.05) is 0 Å². The van der Waals surface area contributed by atoms with Gasteiger partial charge < -0.3 is 20.4 Å². The van der Waals surface area contributed by atoms with Gasteiger partial charge >= 0.3 is 6.09 Å². The number of alkyl carbamates (subject to hydrolysis) is 1. The molecular weight excluding hydrogens is 386 g/mol. The summed E-state index contributed by atoms with van der Waals surface area (Å²) < 4.78 is 5.31. The summed E-state index contributed by atoms with van der Waals surface area (Å²) in [6, 6.07) is 5.87. The fourth-order valence-electron chi connectivity index (χ4n) is 3.06. The maximum Gasteiger partial charge on any atom is 0.408 e. The monoisotopic (exact) mass is 417 g/mol. The maximum atomic E-state index is 13.0. The second-order valence-corrected chi connectivity index (χ2v) is 8.50. The number of aromatic amines is 1. The molecule has 0 aliphatic carbocycles. The zero-order valence-electron chi connectivity index (χ0n) is 18.0. The number of carbonyl (C=O) groups excluding carboxylic acids is 3. The summed E-state index contributed by atoms with van der Waals surface area (Å²) in [5, 5.41) is 6.26. The van der Waals surface area contributed by atoms with Crippen molar-refractivity contribution in [1.29, 1.82) is 0 Å². The fourth-order valence-corrected chi connectivity index (χ4v) is 3.06. The SMILES string of the molecule is CC(C)C(NC(=O)C(Cc1c[nH]c2ccccc12)NC(=O)OC(C)(C)C)C(=O)NN. The van der Waals surface area contributed by atoms with E-state index in [-0.39, 0.29) is 12.3 Å². The Kier molecular flexibility index (Phi) is 7.44. The minimum atomic E-state index is -0.953. The van der Waals surface area contributed by atoms with E-state index in [4.69, 9.17) is 10.6 Å². The Hall–Kier alpha value is -3.07. The lowest BCUT2D eigenvalue weighted by Crippen LogP contribution is -2.57. The largest absolute Gasteiger partial charge is 0.444 e. The summed E-state index contributed by atoms with van der Waals surface area (Å²) in [5.74, 6) is 4.02. The van der Waals surface area contributed by atoms with Crippen LogP contribution in [0.15, 0.2) is 30.5 Å². The van der Waals surface area contributed by atoms with Gasteiger partial charge in [-0.3, -0.25) is 15.0 Å². The number of fused-ring (bicyclic) bond motifs is 1. The van der Waals surface area contributed by atoms with Gasteiger partial charge in [0.1, 0.15) is 17.7 Å². The van der Waals surface area contributed by atoms with Gasteiger partial charge in [0.2, 0.25) is 5.91 Å². The summed E-state index contributed by atoms with van der Waals surface area (Å²) in [5.41, 5.74) is 3.12. The van der Waals surface area contributed by atoms with E-state index in [0.717, 1.165) is 16.5 Å². The molecule has 0 bridgehead atoms. The quantitative estimate of drug-likeness (QED) is 0.265. The average molecular weight is 418 g/mol. The van der Waals surface area contributed by atoms with E-state index in [1.54, 1.807) is 40.8 Å². The Labute approximate surface area is 176 Å². The second kappa shape index (κ2) is 9.62. The zero-order valence-corrected chi connectivity index (χ0v) is 18.0. The predicted octanol–water partition coefficient (Wildman–Crippen LogP) is 1.73. The first-order valence-corrected chi connectivity index (χ1v) is 9.87. The first-order valence-electron chi connectivity index (χ1n) is 9.87. The van der Waals surface area contributed by atoms with Crippen LogP contribution < -0.4 is 21.9 Å². The lowest BCUT2D eigenvalue weighted by molar-refractivity contribution is -0.131. The lowest BCUT2D eigenvalue weighted by Gasteiger charge is -2.26. The van der Waals surface area contributed by atoms with Crippen LogP contribution in [0.2, 0.25) is 0 Å². The van der Waals surface area contributed by atoms with Crippen LogP contribution in [-0.4, -0.2) is 40.6 Å². The van der Waals surface area contributed by atoms with E-state index in [1.165, 1.54) is 0 Å². The number of benzene rings is 1. The highest BCUT2D eigenvalue weighted by atomic mass is 16.6. The number of aromatic nitrogens is 1. The highest BCUT2D eigenvalue weighted by molar-refractivity contribution is 5.92. The Morgan fingerprint density at radius 1 is 1.10 bits per heavy atom. The van der Waals surface area contributed by atoms with Gasteiger partial charge in [0.15, 0.2) is 0 Å². The standard InChI is InChI=1S/C21H31N5O4/c1-12(2)17(19(28)26-22)25-18(27)16(24-20(29)30-21(3,4)5)10-13-11-23-15-9-7-6-8-14(13)15/h6-9,11-12,16-17,23H,10,22H2,1-5H3,(H,24,29)(H,25,27)(H,26,28). The Balaban J connectivity index is 2.26. The molecule has 2 unspecified atom stereocenters.